The summed E-state index contributed by atoms with van der Waals surface area (Å²) in [4.78, 5) is 26.2. The zero-order chi connectivity index (χ0) is 24.1. The van der Waals surface area contributed by atoms with Crippen LogP contribution in [0.2, 0.25) is 0 Å². The molecule has 0 bridgehead atoms. The molecule has 3 fully saturated rings. The molecule has 0 radical (unpaired) electrons. The lowest BCUT2D eigenvalue weighted by molar-refractivity contribution is -0.192. The maximum atomic E-state index is 12.6. The van der Waals surface area contributed by atoms with E-state index in [2.05, 4.69) is 16.8 Å². The normalized spacial score (nSPS) is 22.7. The quantitative estimate of drug-likeness (QED) is 0.686. The number of amides is 1. The SMILES string of the molecule is CN1C(COCC2CC2)CCC12CCN(C(=O)Cc1ccccc1)CC2.O=C(O)C(F)(F)F. The van der Waals surface area contributed by atoms with Crippen LogP contribution in [0.3, 0.4) is 0 Å². The van der Waals surface area contributed by atoms with E-state index in [0.717, 1.165) is 50.6 Å². The van der Waals surface area contributed by atoms with Crippen LogP contribution in [-0.2, 0) is 20.7 Å². The van der Waals surface area contributed by atoms with Gasteiger partial charge in [0, 0.05) is 31.3 Å². The Labute approximate surface area is 192 Å². The molecule has 3 aliphatic rings. The Morgan fingerprint density at radius 3 is 2.21 bits per heavy atom. The zero-order valence-electron chi connectivity index (χ0n) is 19.0. The van der Waals surface area contributed by atoms with E-state index in [1.807, 2.05) is 30.3 Å². The summed E-state index contributed by atoms with van der Waals surface area (Å²) in [6, 6.07) is 10.7. The van der Waals surface area contributed by atoms with Crippen molar-refractivity contribution in [2.75, 3.05) is 33.4 Å². The fourth-order valence-corrected chi connectivity index (χ4v) is 4.70. The van der Waals surface area contributed by atoms with Gasteiger partial charge in [-0.05, 0) is 57.1 Å². The Kier molecular flexibility index (Phi) is 8.39. The van der Waals surface area contributed by atoms with E-state index in [-0.39, 0.29) is 11.4 Å². The van der Waals surface area contributed by atoms with Gasteiger partial charge in [0.25, 0.3) is 0 Å². The molecule has 2 saturated heterocycles. The number of carboxylic acids is 1. The summed E-state index contributed by atoms with van der Waals surface area (Å²) in [6.07, 6.45) is 2.85. The summed E-state index contributed by atoms with van der Waals surface area (Å²) in [5.74, 6) is -1.64. The third kappa shape index (κ3) is 7.17. The molecule has 1 N–H and O–H groups in total. The molecule has 1 amide bonds. The first-order chi connectivity index (χ1) is 15.6. The summed E-state index contributed by atoms with van der Waals surface area (Å²) in [5, 5.41) is 7.12. The lowest BCUT2D eigenvalue weighted by Crippen LogP contribution is -2.54. The lowest BCUT2D eigenvalue weighted by atomic mass is 9.85. The van der Waals surface area contributed by atoms with Crippen molar-refractivity contribution < 1.29 is 32.6 Å². The van der Waals surface area contributed by atoms with Gasteiger partial charge in [0.15, 0.2) is 0 Å². The van der Waals surface area contributed by atoms with Gasteiger partial charge in [0.05, 0.1) is 13.0 Å². The van der Waals surface area contributed by atoms with Gasteiger partial charge < -0.3 is 14.7 Å². The van der Waals surface area contributed by atoms with Gasteiger partial charge in [-0.3, -0.25) is 9.69 Å². The summed E-state index contributed by atoms with van der Waals surface area (Å²) < 4.78 is 37.7. The van der Waals surface area contributed by atoms with Crippen molar-refractivity contribution in [1.82, 2.24) is 9.80 Å². The van der Waals surface area contributed by atoms with E-state index in [1.165, 1.54) is 25.7 Å². The molecule has 2 aliphatic heterocycles. The number of nitrogens with zero attached hydrogens (tertiary/aromatic N) is 2. The molecule has 184 valence electrons. The van der Waals surface area contributed by atoms with Gasteiger partial charge in [-0.2, -0.15) is 13.2 Å². The number of likely N-dealkylation sites (N-methyl/N-ethyl adjacent to an activating group) is 1. The van der Waals surface area contributed by atoms with Crippen molar-refractivity contribution in [3.63, 3.8) is 0 Å². The standard InChI is InChI=1S/C22H32N2O2.C2HF3O2/c1-23-20(17-26-16-19-7-8-19)9-10-22(23)11-13-24(14-12-22)21(25)15-18-5-3-2-4-6-18;3-2(4,5)1(6)7/h2-6,19-20H,7-17H2,1H3;(H,6,7). The van der Waals surface area contributed by atoms with Crippen LogP contribution < -0.4 is 0 Å². The van der Waals surface area contributed by atoms with Crippen LogP contribution in [0.15, 0.2) is 30.3 Å². The Balaban J connectivity index is 0.000000383. The third-order valence-electron chi connectivity index (χ3n) is 7.09. The number of ether oxygens (including phenoxy) is 1. The molecule has 0 aromatic heterocycles. The topological polar surface area (TPSA) is 70.1 Å². The number of benzene rings is 1. The highest BCUT2D eigenvalue weighted by Crippen LogP contribution is 2.41. The fourth-order valence-electron chi connectivity index (χ4n) is 4.70. The number of likely N-dealkylation sites (tertiary alicyclic amines) is 2. The molecule has 9 heteroatoms. The molecule has 1 atom stereocenters. The van der Waals surface area contributed by atoms with Gasteiger partial charge >= 0.3 is 12.1 Å². The molecule has 1 unspecified atom stereocenters. The number of rotatable bonds is 6. The number of hydrogen-bond donors (Lipinski definition) is 1. The molecule has 1 aromatic rings. The summed E-state index contributed by atoms with van der Waals surface area (Å²) in [5.41, 5.74) is 1.40. The minimum absolute atomic E-state index is 0.274. The summed E-state index contributed by atoms with van der Waals surface area (Å²) in [7, 11) is 2.28. The average molecular weight is 471 g/mol. The van der Waals surface area contributed by atoms with Crippen molar-refractivity contribution in [3.8, 4) is 0 Å². The molecule has 6 nitrogen and oxygen atoms in total. The van der Waals surface area contributed by atoms with Crippen molar-refractivity contribution in [1.29, 1.82) is 0 Å². The first-order valence-corrected chi connectivity index (χ1v) is 11.5. The number of alkyl halides is 3. The largest absolute Gasteiger partial charge is 0.490 e. The maximum absolute atomic E-state index is 12.6. The molecule has 1 spiro atoms. The highest BCUT2D eigenvalue weighted by molar-refractivity contribution is 5.78. The highest BCUT2D eigenvalue weighted by Gasteiger charge is 2.46. The molecule has 4 rings (SSSR count). The molecule has 1 saturated carbocycles. The first-order valence-electron chi connectivity index (χ1n) is 11.5. The summed E-state index contributed by atoms with van der Waals surface area (Å²) in [6.45, 7) is 3.63. The van der Waals surface area contributed by atoms with Crippen LogP contribution in [-0.4, -0.2) is 77.9 Å². The molecule has 1 aromatic carbocycles. The van der Waals surface area contributed by atoms with E-state index in [0.29, 0.717) is 12.5 Å². The predicted molar refractivity (Wildman–Crippen MR) is 117 cm³/mol. The minimum atomic E-state index is -5.08. The van der Waals surface area contributed by atoms with Crippen LogP contribution in [0.4, 0.5) is 13.2 Å². The van der Waals surface area contributed by atoms with E-state index in [4.69, 9.17) is 14.6 Å². The van der Waals surface area contributed by atoms with Crippen molar-refractivity contribution in [3.05, 3.63) is 35.9 Å². The number of piperidine rings is 1. The number of carbonyl (C=O) groups is 2. The van der Waals surface area contributed by atoms with Gasteiger partial charge in [-0.1, -0.05) is 30.3 Å². The zero-order valence-corrected chi connectivity index (χ0v) is 19.0. The Bertz CT molecular complexity index is 791. The van der Waals surface area contributed by atoms with Crippen LogP contribution in [0, 0.1) is 5.92 Å². The molecular weight excluding hydrogens is 437 g/mol. The Morgan fingerprint density at radius 1 is 1.06 bits per heavy atom. The molecule has 2 heterocycles. The van der Waals surface area contributed by atoms with Crippen LogP contribution in [0.25, 0.3) is 0 Å². The molecular formula is C24H33F3N2O4. The number of halogens is 3. The predicted octanol–water partition coefficient (Wildman–Crippen LogP) is 3.74. The fraction of sp³-hybridized carbons (Fsp3) is 0.667. The highest BCUT2D eigenvalue weighted by atomic mass is 19.4. The van der Waals surface area contributed by atoms with E-state index >= 15 is 0 Å². The van der Waals surface area contributed by atoms with Crippen LogP contribution >= 0.6 is 0 Å². The van der Waals surface area contributed by atoms with Crippen molar-refractivity contribution in [2.45, 2.75) is 62.7 Å². The van der Waals surface area contributed by atoms with Gasteiger partial charge in [0.2, 0.25) is 5.91 Å². The monoisotopic (exact) mass is 470 g/mol. The van der Waals surface area contributed by atoms with Crippen molar-refractivity contribution in [2.24, 2.45) is 5.92 Å². The van der Waals surface area contributed by atoms with E-state index in [9.17, 15) is 18.0 Å². The Hall–Kier alpha value is -2.13. The van der Waals surface area contributed by atoms with Crippen molar-refractivity contribution >= 4 is 11.9 Å². The number of carboxylic acid groups (broad SMARTS) is 1. The van der Waals surface area contributed by atoms with E-state index < -0.39 is 12.1 Å². The number of aliphatic carboxylic acids is 1. The van der Waals surface area contributed by atoms with Crippen LogP contribution in [0.5, 0.6) is 0 Å². The van der Waals surface area contributed by atoms with Gasteiger partial charge in [-0.25, -0.2) is 4.79 Å². The van der Waals surface area contributed by atoms with E-state index in [1.54, 1.807) is 0 Å². The second kappa shape index (κ2) is 10.9. The molecule has 33 heavy (non-hydrogen) atoms. The van der Waals surface area contributed by atoms with Gasteiger partial charge in [-0.15, -0.1) is 0 Å². The number of carbonyl (C=O) groups excluding carboxylic acids is 1. The minimum Gasteiger partial charge on any atom is -0.475 e. The molecule has 1 aliphatic carbocycles. The number of hydrogen-bond acceptors (Lipinski definition) is 4. The van der Waals surface area contributed by atoms with Crippen LogP contribution in [0.1, 0.15) is 44.1 Å². The lowest BCUT2D eigenvalue weighted by Gasteiger charge is -2.45. The first kappa shape index (κ1) is 25.5. The summed E-state index contributed by atoms with van der Waals surface area (Å²) >= 11 is 0. The smallest absolute Gasteiger partial charge is 0.475 e. The maximum Gasteiger partial charge on any atom is 0.490 e. The second-order valence-corrected chi connectivity index (χ2v) is 9.35. The second-order valence-electron chi connectivity index (χ2n) is 9.35. The third-order valence-corrected chi connectivity index (χ3v) is 7.09. The average Bonchev–Trinajstić information content (AvgIpc) is 3.56. The van der Waals surface area contributed by atoms with Gasteiger partial charge in [0.1, 0.15) is 0 Å². The Morgan fingerprint density at radius 2 is 1.67 bits per heavy atom.